The molecule has 8 aromatic rings. The van der Waals surface area contributed by atoms with Gasteiger partial charge in [-0.3, -0.25) is 0 Å². The van der Waals surface area contributed by atoms with Gasteiger partial charge in [-0.1, -0.05) is 133 Å². The Morgan fingerprint density at radius 3 is 1.37 bits per heavy atom. The van der Waals surface area contributed by atoms with E-state index in [0.717, 1.165) is 11.1 Å². The smallest absolute Gasteiger partial charge is 0.383 e. The number of carbonyl (C=O) groups excluding carboxylic acids is 4. The predicted octanol–water partition coefficient (Wildman–Crippen LogP) is 9.59. The molecule has 71 heavy (non-hydrogen) atoms. The van der Waals surface area contributed by atoms with Gasteiger partial charge in [-0.05, 0) is 71.8 Å². The average molecular weight is 953 g/mol. The number of fused-ring (bicyclic) bond motifs is 1. The molecule has 1 aliphatic heterocycles. The van der Waals surface area contributed by atoms with Gasteiger partial charge in [-0.25, -0.2) is 24.0 Å². The van der Waals surface area contributed by atoms with Crippen molar-refractivity contribution in [1.29, 1.82) is 0 Å². The molecule has 5 atom stereocenters. The van der Waals surface area contributed by atoms with Gasteiger partial charge in [0, 0.05) is 6.07 Å². The fraction of sp³-hybridized carbons (Fsp3) is 0.140. The first-order valence-corrected chi connectivity index (χ1v) is 22.5. The molecule has 2 heterocycles. The van der Waals surface area contributed by atoms with E-state index in [1.807, 2.05) is 60.7 Å². The van der Waals surface area contributed by atoms with E-state index in [9.17, 15) is 24.0 Å². The molecule has 0 spiro atoms. The minimum atomic E-state index is -1.69. The maximum Gasteiger partial charge on any atom is 0.383 e. The van der Waals surface area contributed by atoms with Crippen molar-refractivity contribution in [3.8, 4) is 17.2 Å². The summed E-state index contributed by atoms with van der Waals surface area (Å²) in [6, 6.07) is 55.4. The van der Waals surface area contributed by atoms with Gasteiger partial charge in [0.2, 0.25) is 18.1 Å². The second-order valence-electron chi connectivity index (χ2n) is 16.1. The van der Waals surface area contributed by atoms with E-state index in [2.05, 4.69) is 0 Å². The van der Waals surface area contributed by atoms with Crippen molar-refractivity contribution >= 4 is 34.8 Å². The lowest BCUT2D eigenvalue weighted by molar-refractivity contribution is -0.275. The van der Waals surface area contributed by atoms with Gasteiger partial charge in [0.1, 0.15) is 37.3 Å². The summed E-state index contributed by atoms with van der Waals surface area (Å²) in [5.41, 5.74) is 1.40. The van der Waals surface area contributed by atoms with E-state index < -0.39 is 66.8 Å². The maximum absolute atomic E-state index is 14.1. The molecule has 9 rings (SSSR count). The Balaban J connectivity index is 1.12. The third-order valence-corrected chi connectivity index (χ3v) is 11.2. The van der Waals surface area contributed by atoms with E-state index in [1.165, 1.54) is 48.5 Å². The Morgan fingerprint density at radius 2 is 0.873 bits per heavy atom. The minimum Gasteiger partial charge on any atom is -0.484 e. The topological polar surface area (TPSA) is 172 Å². The summed E-state index contributed by atoms with van der Waals surface area (Å²) in [5, 5.41) is 0.348. The van der Waals surface area contributed by atoms with Crippen molar-refractivity contribution in [2.45, 2.75) is 43.9 Å². The average Bonchev–Trinajstić information content (AvgIpc) is 3.42. The van der Waals surface area contributed by atoms with Crippen LogP contribution in [0.5, 0.6) is 17.2 Å². The van der Waals surface area contributed by atoms with Gasteiger partial charge < -0.3 is 42.3 Å². The van der Waals surface area contributed by atoms with Crippen molar-refractivity contribution in [2.24, 2.45) is 0 Å². The number of esters is 4. The summed E-state index contributed by atoms with van der Waals surface area (Å²) in [5.74, 6) is -3.36. The zero-order chi connectivity index (χ0) is 48.9. The second-order valence-corrected chi connectivity index (χ2v) is 16.1. The summed E-state index contributed by atoms with van der Waals surface area (Å²) >= 11 is 0. The minimum absolute atomic E-state index is 0.0197. The molecule has 0 saturated carbocycles. The summed E-state index contributed by atoms with van der Waals surface area (Å²) in [6.45, 7) is -0.444. The van der Waals surface area contributed by atoms with Crippen molar-refractivity contribution in [3.63, 3.8) is 0 Å². The first kappa shape index (κ1) is 47.1. The molecule has 7 aromatic carbocycles. The molecule has 0 aliphatic carbocycles. The zero-order valence-electron chi connectivity index (χ0n) is 37.8. The zero-order valence-corrected chi connectivity index (χ0v) is 37.8. The maximum atomic E-state index is 14.1. The normalized spacial score (nSPS) is 17.3. The van der Waals surface area contributed by atoms with Gasteiger partial charge >= 0.3 is 29.5 Å². The molecule has 1 aliphatic rings. The van der Waals surface area contributed by atoms with Crippen LogP contribution in [-0.4, -0.2) is 61.2 Å². The number of rotatable bonds is 17. The monoisotopic (exact) mass is 952 g/mol. The largest absolute Gasteiger partial charge is 0.484 e. The number of hydrogen-bond acceptors (Lipinski definition) is 14. The van der Waals surface area contributed by atoms with Crippen molar-refractivity contribution in [2.75, 3.05) is 6.61 Å². The Kier molecular flexibility index (Phi) is 14.9. The van der Waals surface area contributed by atoms with Crippen LogP contribution in [0.25, 0.3) is 11.0 Å². The van der Waals surface area contributed by atoms with Crippen LogP contribution in [0.15, 0.2) is 209 Å². The molecule has 0 radical (unpaired) electrons. The quantitative estimate of drug-likeness (QED) is 0.0480. The summed E-state index contributed by atoms with van der Waals surface area (Å²) in [6.07, 6.45) is -8.08. The highest BCUT2D eigenvalue weighted by molar-refractivity contribution is 5.92. The SMILES string of the molecule is O=C(OC[C@H]1O[C@H](Oc2ccc3c(OCc4ccccc4)c(OCc4ccccc4)c(=O)oc3c2)[C@@H](OC(=O)c2ccccc2)[C@@H](OC(=O)c2ccccc2)[C@@H]1OC(=O)c1ccccc1)c1ccccc1. The molecule has 0 N–H and O–H groups in total. The van der Waals surface area contributed by atoms with Crippen molar-refractivity contribution in [3.05, 3.63) is 244 Å². The fourth-order valence-electron chi connectivity index (χ4n) is 7.69. The van der Waals surface area contributed by atoms with Crippen LogP contribution in [0.3, 0.4) is 0 Å². The molecule has 1 aromatic heterocycles. The van der Waals surface area contributed by atoms with Crippen LogP contribution in [0.2, 0.25) is 0 Å². The number of ether oxygens (including phenoxy) is 8. The van der Waals surface area contributed by atoms with Crippen LogP contribution in [0.1, 0.15) is 52.6 Å². The molecule has 1 saturated heterocycles. The lowest BCUT2D eigenvalue weighted by Gasteiger charge is -2.44. The van der Waals surface area contributed by atoms with Gasteiger partial charge in [-0.2, -0.15) is 0 Å². The van der Waals surface area contributed by atoms with Gasteiger partial charge in [-0.15, -0.1) is 0 Å². The van der Waals surface area contributed by atoms with Crippen LogP contribution in [-0.2, 0) is 36.9 Å². The van der Waals surface area contributed by atoms with E-state index >= 15 is 0 Å². The lowest BCUT2D eigenvalue weighted by atomic mass is 9.97. The second kappa shape index (κ2) is 22.4. The Bertz CT molecular complexity index is 3130. The number of benzene rings is 7. The highest BCUT2D eigenvalue weighted by Gasteiger charge is 2.54. The third kappa shape index (κ3) is 11.6. The molecule has 356 valence electrons. The van der Waals surface area contributed by atoms with Crippen LogP contribution in [0.4, 0.5) is 0 Å². The standard InChI is InChI=1S/C57H44O14/c58-52(39-23-11-3-12-24-39)65-36-46-48(69-53(59)40-25-13-4-14-26-40)49(70-54(60)41-27-15-5-16-28-41)51(71-55(61)42-29-17-6-18-30-42)57(68-46)66-43-31-32-44-45(33-43)67-56(62)50(64-35-38-21-9-2-10-22-38)47(44)63-34-37-19-7-1-8-20-37/h1-33,46,48-49,51,57H,34-36H2/t46-,48-,49+,51+,57+/m1/s1. The Labute approximate surface area is 406 Å². The van der Waals surface area contributed by atoms with Gasteiger partial charge in [0.15, 0.2) is 18.0 Å². The molecule has 14 heteroatoms. The molecule has 0 unspecified atom stereocenters. The first-order valence-electron chi connectivity index (χ1n) is 22.5. The van der Waals surface area contributed by atoms with Crippen molar-refractivity contribution in [1.82, 2.24) is 0 Å². The van der Waals surface area contributed by atoms with Crippen molar-refractivity contribution < 1.29 is 61.5 Å². The first-order chi connectivity index (χ1) is 34.8. The highest BCUT2D eigenvalue weighted by atomic mass is 16.7. The third-order valence-electron chi connectivity index (χ3n) is 11.2. The summed E-state index contributed by atoms with van der Waals surface area (Å²) in [7, 11) is 0. The van der Waals surface area contributed by atoms with Crippen LogP contribution >= 0.6 is 0 Å². The molecular formula is C57H44O14. The summed E-state index contributed by atoms with van der Waals surface area (Å²) < 4.78 is 55.6. The fourth-order valence-corrected chi connectivity index (χ4v) is 7.69. The van der Waals surface area contributed by atoms with E-state index in [1.54, 1.807) is 91.0 Å². The molecular weight excluding hydrogens is 909 g/mol. The number of hydrogen-bond donors (Lipinski definition) is 0. The highest BCUT2D eigenvalue weighted by Crippen LogP contribution is 2.38. The molecule has 14 nitrogen and oxygen atoms in total. The van der Waals surface area contributed by atoms with Crippen LogP contribution < -0.4 is 19.8 Å². The Morgan fingerprint density at radius 1 is 0.451 bits per heavy atom. The van der Waals surface area contributed by atoms with Gasteiger partial charge in [0.25, 0.3) is 0 Å². The predicted molar refractivity (Wildman–Crippen MR) is 257 cm³/mol. The Hall–Kier alpha value is -9.01. The van der Waals surface area contributed by atoms with E-state index in [4.69, 9.17) is 42.3 Å². The van der Waals surface area contributed by atoms with E-state index in [-0.39, 0.29) is 58.3 Å². The molecule has 1 fully saturated rings. The number of carbonyl (C=O) groups is 4. The van der Waals surface area contributed by atoms with E-state index in [0.29, 0.717) is 5.39 Å². The van der Waals surface area contributed by atoms with Gasteiger partial charge in [0.05, 0.1) is 27.6 Å². The van der Waals surface area contributed by atoms with Crippen LogP contribution in [0, 0.1) is 0 Å². The molecule has 0 bridgehead atoms. The lowest BCUT2D eigenvalue weighted by Crippen LogP contribution is -2.63. The summed E-state index contributed by atoms with van der Waals surface area (Å²) in [4.78, 5) is 69.4. The molecule has 0 amide bonds.